The van der Waals surface area contributed by atoms with Crippen LogP contribution in [0.25, 0.3) is 16.1 Å². The van der Waals surface area contributed by atoms with E-state index in [1.807, 2.05) is 11.4 Å². The summed E-state index contributed by atoms with van der Waals surface area (Å²) in [5.74, 6) is 0.824. The van der Waals surface area contributed by atoms with Crippen LogP contribution in [0.2, 0.25) is 5.02 Å². The zero-order valence-corrected chi connectivity index (χ0v) is 22.1. The van der Waals surface area contributed by atoms with E-state index in [-0.39, 0.29) is 0 Å². The lowest BCUT2D eigenvalue weighted by Crippen LogP contribution is -2.42. The minimum absolute atomic E-state index is 0.371. The van der Waals surface area contributed by atoms with Crippen LogP contribution in [0.15, 0.2) is 17.6 Å². The van der Waals surface area contributed by atoms with E-state index in [1.54, 1.807) is 13.3 Å². The SMILES string of the molecule is [C-]#[N+]C1(CNc2nc(-c3cc(NC4CCC(N[C@H](C)COC)CC4)ncc3Cl)cs2)CCOCC1. The number of anilines is 2. The summed E-state index contributed by atoms with van der Waals surface area (Å²) in [6, 6.07) is 3.29. The topological polar surface area (TPSA) is 84.7 Å². The minimum Gasteiger partial charge on any atom is -0.383 e. The van der Waals surface area contributed by atoms with Crippen molar-refractivity contribution < 1.29 is 9.47 Å². The number of nitrogens with zero attached hydrogens (tertiary/aromatic N) is 3. The van der Waals surface area contributed by atoms with Crippen molar-refractivity contribution >= 4 is 33.9 Å². The second kappa shape index (κ2) is 12.3. The van der Waals surface area contributed by atoms with Gasteiger partial charge >= 0.3 is 0 Å². The van der Waals surface area contributed by atoms with Gasteiger partial charge in [-0.3, -0.25) is 0 Å². The summed E-state index contributed by atoms with van der Waals surface area (Å²) < 4.78 is 10.7. The molecular weight excluding hydrogens is 484 g/mol. The molecule has 0 aromatic carbocycles. The molecule has 2 fully saturated rings. The van der Waals surface area contributed by atoms with Gasteiger partial charge in [0.05, 0.1) is 49.9 Å². The van der Waals surface area contributed by atoms with Crippen molar-refractivity contribution in [1.82, 2.24) is 15.3 Å². The molecule has 1 aliphatic carbocycles. The zero-order chi connectivity index (χ0) is 24.7. The monoisotopic (exact) mass is 518 g/mol. The summed E-state index contributed by atoms with van der Waals surface area (Å²) in [5.41, 5.74) is 1.27. The average molecular weight is 519 g/mol. The van der Waals surface area contributed by atoms with E-state index in [4.69, 9.17) is 32.6 Å². The van der Waals surface area contributed by atoms with Crippen LogP contribution in [0, 0.1) is 6.57 Å². The molecule has 2 aromatic heterocycles. The lowest BCUT2D eigenvalue weighted by atomic mass is 9.90. The molecular formula is C25H35ClN6O2S. The maximum absolute atomic E-state index is 7.64. The van der Waals surface area contributed by atoms with Crippen molar-refractivity contribution in [2.45, 2.75) is 69.1 Å². The highest BCUT2D eigenvalue weighted by atomic mass is 35.5. The first-order valence-electron chi connectivity index (χ1n) is 12.3. The molecule has 0 spiro atoms. The van der Waals surface area contributed by atoms with Crippen LogP contribution in [0.4, 0.5) is 10.9 Å². The molecule has 8 nitrogen and oxygen atoms in total. The first kappa shape index (κ1) is 26.1. The van der Waals surface area contributed by atoms with E-state index in [2.05, 4.69) is 32.7 Å². The Hall–Kier alpha value is -1.96. The number of ether oxygens (including phenoxy) is 2. The Morgan fingerprint density at radius 3 is 2.74 bits per heavy atom. The number of thiazole rings is 1. The van der Waals surface area contributed by atoms with Crippen molar-refractivity contribution in [2.24, 2.45) is 0 Å². The molecule has 0 radical (unpaired) electrons. The van der Waals surface area contributed by atoms with Gasteiger partial charge in [-0.25, -0.2) is 16.5 Å². The van der Waals surface area contributed by atoms with E-state index in [0.29, 0.717) is 42.9 Å². The van der Waals surface area contributed by atoms with Crippen molar-refractivity contribution in [2.75, 3.05) is 44.1 Å². The van der Waals surface area contributed by atoms with Crippen LogP contribution in [-0.4, -0.2) is 67.1 Å². The second-order valence-electron chi connectivity index (χ2n) is 9.61. The highest BCUT2D eigenvalue weighted by molar-refractivity contribution is 7.14. The molecule has 2 aromatic rings. The lowest BCUT2D eigenvalue weighted by molar-refractivity contribution is 0.0688. The van der Waals surface area contributed by atoms with Gasteiger partial charge in [0.25, 0.3) is 5.54 Å². The average Bonchev–Trinajstić information content (AvgIpc) is 3.35. The number of hydrogen-bond donors (Lipinski definition) is 3. The highest BCUT2D eigenvalue weighted by Gasteiger charge is 2.38. The van der Waals surface area contributed by atoms with Gasteiger partial charge < -0.3 is 30.3 Å². The van der Waals surface area contributed by atoms with Crippen LogP contribution >= 0.6 is 22.9 Å². The second-order valence-corrected chi connectivity index (χ2v) is 10.9. The quantitative estimate of drug-likeness (QED) is 0.378. The van der Waals surface area contributed by atoms with Crippen LogP contribution in [0.5, 0.6) is 0 Å². The normalized spacial score (nSPS) is 22.8. The molecule has 3 heterocycles. The largest absolute Gasteiger partial charge is 0.383 e. The summed E-state index contributed by atoms with van der Waals surface area (Å²) in [5, 5.41) is 14.0. The van der Waals surface area contributed by atoms with E-state index >= 15 is 0 Å². The van der Waals surface area contributed by atoms with Gasteiger partial charge in [-0.2, -0.15) is 0 Å². The van der Waals surface area contributed by atoms with E-state index < -0.39 is 5.54 Å². The Labute approximate surface area is 217 Å². The summed E-state index contributed by atoms with van der Waals surface area (Å²) in [4.78, 5) is 13.2. The van der Waals surface area contributed by atoms with Gasteiger partial charge in [-0.05, 0) is 38.7 Å². The summed E-state index contributed by atoms with van der Waals surface area (Å²) in [6.07, 6.45) is 7.64. The third kappa shape index (κ3) is 7.05. The number of halogens is 1. The van der Waals surface area contributed by atoms with Gasteiger partial charge in [0.2, 0.25) is 0 Å². The molecule has 3 N–H and O–H groups in total. The van der Waals surface area contributed by atoms with Gasteiger partial charge in [0.15, 0.2) is 5.13 Å². The first-order chi connectivity index (χ1) is 17.0. The molecule has 2 aliphatic rings. The first-order valence-corrected chi connectivity index (χ1v) is 13.6. The standard InChI is InChI=1S/C25H35ClN6O2S/c1-17(14-33-3)30-18-4-6-19(7-5-18)31-23-12-20(21(26)13-28-23)22-15-35-24(32-22)29-16-25(27-2)8-10-34-11-9-25/h12-13,15,17-19,30H,4-11,14,16H2,1,3H3,(H,28,31)(H,29,32)/t17-,18?,19?/m1/s1. The fraction of sp³-hybridized carbons (Fsp3) is 0.640. The van der Waals surface area contributed by atoms with Gasteiger partial charge in [-0.15, -0.1) is 11.3 Å². The Balaban J connectivity index is 1.33. The lowest BCUT2D eigenvalue weighted by Gasteiger charge is -2.31. The van der Waals surface area contributed by atoms with E-state index in [1.165, 1.54) is 11.3 Å². The molecule has 190 valence electrons. The third-order valence-electron chi connectivity index (χ3n) is 6.88. The van der Waals surface area contributed by atoms with Gasteiger partial charge in [0, 0.05) is 42.4 Å². The predicted molar refractivity (Wildman–Crippen MR) is 142 cm³/mol. The van der Waals surface area contributed by atoms with Crippen molar-refractivity contribution in [3.05, 3.63) is 34.1 Å². The fourth-order valence-corrected chi connectivity index (χ4v) is 5.74. The van der Waals surface area contributed by atoms with E-state index in [9.17, 15) is 0 Å². The fourth-order valence-electron chi connectivity index (χ4n) is 4.83. The number of methoxy groups -OCH3 is 1. The highest BCUT2D eigenvalue weighted by Crippen LogP contribution is 2.33. The molecule has 4 rings (SSSR count). The maximum Gasteiger partial charge on any atom is 0.253 e. The number of rotatable bonds is 10. The molecule has 0 amide bonds. The smallest absolute Gasteiger partial charge is 0.253 e. The van der Waals surface area contributed by atoms with E-state index in [0.717, 1.165) is 67.3 Å². The molecule has 35 heavy (non-hydrogen) atoms. The number of nitrogens with one attached hydrogen (secondary N) is 3. The third-order valence-corrected chi connectivity index (χ3v) is 7.98. The van der Waals surface area contributed by atoms with Crippen LogP contribution in [0.3, 0.4) is 0 Å². The summed E-state index contributed by atoms with van der Waals surface area (Å²) >= 11 is 8.03. The molecule has 1 aliphatic heterocycles. The van der Waals surface area contributed by atoms with Gasteiger partial charge in [0.1, 0.15) is 5.82 Å². The Kier molecular flexibility index (Phi) is 9.20. The number of hydrogen-bond acceptors (Lipinski definition) is 8. The molecule has 1 saturated carbocycles. The molecule has 1 saturated heterocycles. The Morgan fingerprint density at radius 1 is 1.29 bits per heavy atom. The Bertz CT molecular complexity index is 998. The maximum atomic E-state index is 7.64. The summed E-state index contributed by atoms with van der Waals surface area (Å²) in [7, 11) is 1.74. The van der Waals surface area contributed by atoms with Crippen LogP contribution in [0.1, 0.15) is 45.4 Å². The van der Waals surface area contributed by atoms with Crippen molar-refractivity contribution in [3.63, 3.8) is 0 Å². The minimum atomic E-state index is -0.411. The van der Waals surface area contributed by atoms with Crippen LogP contribution < -0.4 is 16.0 Å². The van der Waals surface area contributed by atoms with Crippen molar-refractivity contribution in [1.29, 1.82) is 0 Å². The van der Waals surface area contributed by atoms with Crippen LogP contribution in [-0.2, 0) is 9.47 Å². The van der Waals surface area contributed by atoms with Crippen molar-refractivity contribution in [3.8, 4) is 11.3 Å². The predicted octanol–water partition coefficient (Wildman–Crippen LogP) is 5.09. The molecule has 1 atom stereocenters. The molecule has 0 unspecified atom stereocenters. The zero-order valence-electron chi connectivity index (χ0n) is 20.5. The van der Waals surface area contributed by atoms with Gasteiger partial charge in [-0.1, -0.05) is 11.6 Å². The Morgan fingerprint density at radius 2 is 2.03 bits per heavy atom. The molecule has 10 heteroatoms. The molecule has 0 bridgehead atoms. The number of pyridine rings is 1. The number of aromatic nitrogens is 2. The summed E-state index contributed by atoms with van der Waals surface area (Å²) in [6.45, 7) is 12.4.